The molecule has 0 radical (unpaired) electrons. The number of nitrogens with one attached hydrogen (secondary N) is 1. The number of halogens is 1. The van der Waals surface area contributed by atoms with Gasteiger partial charge in [-0.3, -0.25) is 28.9 Å². The molecule has 11 heteroatoms. The summed E-state index contributed by atoms with van der Waals surface area (Å²) < 4.78 is 16.1. The van der Waals surface area contributed by atoms with Gasteiger partial charge in [0.2, 0.25) is 0 Å². The van der Waals surface area contributed by atoms with E-state index in [1.54, 1.807) is 36.1 Å². The minimum absolute atomic E-state index is 0.0382. The third-order valence-electron chi connectivity index (χ3n) is 6.36. The highest BCUT2D eigenvalue weighted by molar-refractivity contribution is 5.95. The largest absolute Gasteiger partial charge is 0.335 e. The number of hydrogen-bond acceptors (Lipinski definition) is 6. The molecule has 10 nitrogen and oxygen atoms in total. The summed E-state index contributed by atoms with van der Waals surface area (Å²) in [4.78, 5) is 64.1. The summed E-state index contributed by atoms with van der Waals surface area (Å²) in [5.74, 6) is -1.45. The van der Waals surface area contributed by atoms with E-state index in [0.717, 1.165) is 0 Å². The fourth-order valence-electron chi connectivity index (χ4n) is 4.36. The van der Waals surface area contributed by atoms with Crippen molar-refractivity contribution in [3.8, 4) is 0 Å². The summed E-state index contributed by atoms with van der Waals surface area (Å²) in [5.41, 5.74) is 0.689. The molecule has 41 heavy (non-hydrogen) atoms. The van der Waals surface area contributed by atoms with Crippen LogP contribution >= 0.6 is 0 Å². The van der Waals surface area contributed by atoms with E-state index in [2.05, 4.69) is 28.1 Å². The van der Waals surface area contributed by atoms with Gasteiger partial charge < -0.3 is 9.80 Å². The maximum atomic E-state index is 14.7. The monoisotopic (exact) mass is 560 g/mol. The molecular formula is C30H33FN6O4. The smallest absolute Gasteiger partial charge is 0.329 e. The molecule has 214 valence electrons. The van der Waals surface area contributed by atoms with Crippen LogP contribution < -0.4 is 11.2 Å². The van der Waals surface area contributed by atoms with Crippen LogP contribution in [0, 0.1) is 12.7 Å². The zero-order valence-electron chi connectivity index (χ0n) is 23.4. The predicted molar refractivity (Wildman–Crippen MR) is 156 cm³/mol. The molecule has 1 aliphatic heterocycles. The van der Waals surface area contributed by atoms with Crippen LogP contribution in [0.25, 0.3) is 10.9 Å². The van der Waals surface area contributed by atoms with Crippen molar-refractivity contribution in [1.82, 2.24) is 29.3 Å². The average Bonchev–Trinajstić information content (AvgIpc) is 3.02. The zero-order chi connectivity index (χ0) is 30.1. The van der Waals surface area contributed by atoms with Crippen molar-refractivity contribution in [2.75, 3.05) is 26.2 Å². The molecule has 2 aromatic heterocycles. The minimum Gasteiger partial charge on any atom is -0.335 e. The Morgan fingerprint density at radius 3 is 2.20 bits per heavy atom. The number of rotatable bonds is 4. The fraction of sp³-hybridized carbons (Fsp3) is 0.267. The van der Waals surface area contributed by atoms with Crippen molar-refractivity contribution in [1.29, 1.82) is 0 Å². The lowest BCUT2D eigenvalue weighted by atomic mass is 10.1. The Hall–Kier alpha value is -4.93. The molecule has 0 saturated carbocycles. The number of aromatic nitrogens is 4. The second kappa shape index (κ2) is 13.9. The number of H-pyrrole nitrogens is 1. The molecule has 0 atom stereocenters. The quantitative estimate of drug-likeness (QED) is 0.382. The highest BCUT2D eigenvalue weighted by Gasteiger charge is 2.27. The summed E-state index contributed by atoms with van der Waals surface area (Å²) in [6.45, 7) is 12.8. The number of nitrogens with zero attached hydrogens (tertiary/aromatic N) is 5. The first-order valence-electron chi connectivity index (χ1n) is 13.2. The summed E-state index contributed by atoms with van der Waals surface area (Å²) in [7, 11) is 0. The van der Waals surface area contributed by atoms with Crippen LogP contribution in [0.3, 0.4) is 0 Å². The second-order valence-corrected chi connectivity index (χ2v) is 8.80. The lowest BCUT2D eigenvalue weighted by molar-refractivity contribution is 0.0529. The molecule has 1 fully saturated rings. The average molecular weight is 561 g/mol. The van der Waals surface area contributed by atoms with Crippen LogP contribution in [-0.4, -0.2) is 67.3 Å². The molecule has 2 aromatic carbocycles. The van der Waals surface area contributed by atoms with Crippen molar-refractivity contribution >= 4 is 22.7 Å². The van der Waals surface area contributed by atoms with Gasteiger partial charge in [0.1, 0.15) is 11.5 Å². The third-order valence-corrected chi connectivity index (χ3v) is 6.36. The van der Waals surface area contributed by atoms with E-state index in [9.17, 15) is 23.6 Å². The van der Waals surface area contributed by atoms with Crippen molar-refractivity contribution in [3.05, 3.63) is 117 Å². The molecule has 4 aromatic rings. The van der Waals surface area contributed by atoms with Crippen LogP contribution in [0.5, 0.6) is 0 Å². The van der Waals surface area contributed by atoms with E-state index in [4.69, 9.17) is 0 Å². The molecule has 0 spiro atoms. The topological polar surface area (TPSA) is 121 Å². The first-order chi connectivity index (χ1) is 19.8. The van der Waals surface area contributed by atoms with Gasteiger partial charge in [-0.05, 0) is 36.8 Å². The van der Waals surface area contributed by atoms with E-state index in [-0.39, 0.29) is 49.9 Å². The Labute approximate surface area is 236 Å². The standard InChI is InChI=1S/C26H23FN6O4.C2H6.C2H4/c1-16-13-29-21(14-28-16)25(36)32-10-8-31(9-11-32)24(35)19-12-17(6-7-20(19)27)15-33-22-5-3-2-4-18(22)23(34)30-26(33)37;2*1-2/h2-7,12-14H,8-11,15H2,1H3,(H,30,34,37);1-2H3;1-2H2. The summed E-state index contributed by atoms with van der Waals surface area (Å²) in [6.07, 6.45) is 2.94. The second-order valence-electron chi connectivity index (χ2n) is 8.80. The minimum atomic E-state index is -0.680. The molecule has 3 heterocycles. The molecule has 5 rings (SSSR count). The van der Waals surface area contributed by atoms with E-state index in [0.29, 0.717) is 22.2 Å². The van der Waals surface area contributed by atoms with Crippen molar-refractivity contribution in [2.24, 2.45) is 0 Å². The Bertz CT molecular complexity index is 1640. The Kier molecular flexibility index (Phi) is 10.4. The van der Waals surface area contributed by atoms with Crippen molar-refractivity contribution < 1.29 is 14.0 Å². The molecule has 2 amide bonds. The molecule has 1 aliphatic rings. The molecule has 1 saturated heterocycles. The maximum Gasteiger partial charge on any atom is 0.329 e. The molecule has 0 unspecified atom stereocenters. The first kappa shape index (κ1) is 30.6. The molecule has 0 aliphatic carbocycles. The normalized spacial score (nSPS) is 12.6. The van der Waals surface area contributed by atoms with Gasteiger partial charge in [-0.1, -0.05) is 32.0 Å². The lowest BCUT2D eigenvalue weighted by Gasteiger charge is -2.34. The number of benzene rings is 2. The van der Waals surface area contributed by atoms with Crippen LogP contribution in [0.1, 0.15) is 46.0 Å². The van der Waals surface area contributed by atoms with E-state index < -0.39 is 23.0 Å². The predicted octanol–water partition coefficient (Wildman–Crippen LogP) is 3.40. The Balaban J connectivity index is 0.00000111. The van der Waals surface area contributed by atoms with Gasteiger partial charge in [0, 0.05) is 32.4 Å². The maximum absolute atomic E-state index is 14.7. The number of carbonyl (C=O) groups is 2. The zero-order valence-corrected chi connectivity index (χ0v) is 23.4. The SMILES string of the molecule is C=C.CC.Cc1cnc(C(=O)N2CCN(C(=O)c3cc(Cn4c(=O)[nH]c(=O)c5ccccc54)ccc3F)CC2)cn1. The number of para-hydroxylation sites is 1. The molecule has 1 N–H and O–H groups in total. The number of amides is 2. The number of aryl methyl sites for hydroxylation is 1. The number of hydrogen-bond donors (Lipinski definition) is 1. The van der Waals surface area contributed by atoms with Gasteiger partial charge in [0.05, 0.1) is 34.9 Å². The van der Waals surface area contributed by atoms with Crippen LogP contribution in [0.2, 0.25) is 0 Å². The number of aromatic amines is 1. The highest BCUT2D eigenvalue weighted by atomic mass is 19.1. The Morgan fingerprint density at radius 2 is 1.56 bits per heavy atom. The van der Waals surface area contributed by atoms with Gasteiger partial charge in [0.15, 0.2) is 0 Å². The van der Waals surface area contributed by atoms with Gasteiger partial charge in [0.25, 0.3) is 17.4 Å². The third kappa shape index (κ3) is 6.81. The number of piperazine rings is 1. The van der Waals surface area contributed by atoms with Crippen LogP contribution in [0.4, 0.5) is 4.39 Å². The van der Waals surface area contributed by atoms with E-state index in [1.165, 1.54) is 40.1 Å². The van der Waals surface area contributed by atoms with E-state index in [1.807, 2.05) is 13.8 Å². The number of fused-ring (bicyclic) bond motifs is 1. The fourth-order valence-corrected chi connectivity index (χ4v) is 4.36. The molecule has 0 bridgehead atoms. The summed E-state index contributed by atoms with van der Waals surface area (Å²) in [6, 6.07) is 10.8. The highest BCUT2D eigenvalue weighted by Crippen LogP contribution is 2.17. The number of carbonyl (C=O) groups excluding carboxylic acids is 2. The van der Waals surface area contributed by atoms with Crippen LogP contribution in [-0.2, 0) is 6.54 Å². The van der Waals surface area contributed by atoms with Gasteiger partial charge in [-0.2, -0.15) is 0 Å². The lowest BCUT2D eigenvalue weighted by Crippen LogP contribution is -2.50. The van der Waals surface area contributed by atoms with Crippen molar-refractivity contribution in [3.63, 3.8) is 0 Å². The first-order valence-corrected chi connectivity index (χ1v) is 13.2. The van der Waals surface area contributed by atoms with Gasteiger partial charge in [-0.15, -0.1) is 13.2 Å². The van der Waals surface area contributed by atoms with Gasteiger partial charge >= 0.3 is 5.69 Å². The van der Waals surface area contributed by atoms with Crippen molar-refractivity contribution in [2.45, 2.75) is 27.3 Å². The molecular weight excluding hydrogens is 527 g/mol. The summed E-state index contributed by atoms with van der Waals surface area (Å²) in [5, 5.41) is 0.351. The summed E-state index contributed by atoms with van der Waals surface area (Å²) >= 11 is 0. The Morgan fingerprint density at radius 1 is 0.927 bits per heavy atom. The van der Waals surface area contributed by atoms with E-state index >= 15 is 0 Å². The van der Waals surface area contributed by atoms with Crippen LogP contribution in [0.15, 0.2) is 77.6 Å². The van der Waals surface area contributed by atoms with Gasteiger partial charge in [-0.25, -0.2) is 14.2 Å².